The molecule has 30 heavy (non-hydrogen) atoms. The number of amides is 1. The second-order valence-corrected chi connectivity index (χ2v) is 7.29. The van der Waals surface area contributed by atoms with E-state index in [2.05, 4.69) is 5.32 Å². The Balaban J connectivity index is 2.28. The van der Waals surface area contributed by atoms with Crippen LogP contribution in [0.1, 0.15) is 30.5 Å². The predicted octanol–water partition coefficient (Wildman–Crippen LogP) is 2.48. The Bertz CT molecular complexity index is 1190. The Labute approximate surface area is 174 Å². The van der Waals surface area contributed by atoms with Crippen LogP contribution in [0, 0.1) is 13.8 Å². The van der Waals surface area contributed by atoms with Crippen molar-refractivity contribution in [2.45, 2.75) is 33.2 Å². The molecule has 0 radical (unpaired) electrons. The van der Waals surface area contributed by atoms with Crippen LogP contribution < -0.4 is 16.6 Å². The number of nitrogens with zero attached hydrogens (tertiary/aromatic N) is 2. The quantitative estimate of drug-likeness (QED) is 0.608. The molecule has 0 aliphatic rings. The first-order chi connectivity index (χ1) is 14.4. The molecule has 2 aromatic carbocycles. The van der Waals surface area contributed by atoms with Crippen LogP contribution in [0.3, 0.4) is 0 Å². The van der Waals surface area contributed by atoms with Crippen molar-refractivity contribution in [1.82, 2.24) is 14.5 Å². The van der Waals surface area contributed by atoms with Gasteiger partial charge in [0.05, 0.1) is 23.2 Å². The maximum absolute atomic E-state index is 13.6. The highest BCUT2D eigenvalue weighted by Crippen LogP contribution is 2.18. The van der Waals surface area contributed by atoms with E-state index in [4.69, 9.17) is 4.74 Å². The first-order valence-corrected chi connectivity index (χ1v) is 10.0. The Kier molecular flexibility index (Phi) is 6.52. The largest absolute Gasteiger partial charge is 0.383 e. The average Bonchev–Trinajstić information content (AvgIpc) is 2.73. The third kappa shape index (κ3) is 3.93. The minimum absolute atomic E-state index is 0.285. The van der Waals surface area contributed by atoms with Crippen molar-refractivity contribution in [3.8, 4) is 5.69 Å². The van der Waals surface area contributed by atoms with Gasteiger partial charge in [-0.3, -0.25) is 14.2 Å². The van der Waals surface area contributed by atoms with Crippen LogP contribution in [0.25, 0.3) is 16.6 Å². The zero-order valence-electron chi connectivity index (χ0n) is 17.8. The molecule has 0 saturated heterocycles. The highest BCUT2D eigenvalue weighted by Gasteiger charge is 2.24. The standard InChI is InChI=1S/C23H27N3O4/c1-5-19(21(27)24-12-13-30-4)26-20-9-7-6-8-18(20)22(28)25(23(26)29)17-11-10-15(2)16(3)14-17/h6-11,14,19H,5,12-13H2,1-4H3,(H,24,27)/t19-/m1/s1. The van der Waals surface area contributed by atoms with Crippen molar-refractivity contribution in [2.24, 2.45) is 0 Å². The van der Waals surface area contributed by atoms with Gasteiger partial charge in [-0.05, 0) is 55.7 Å². The van der Waals surface area contributed by atoms with Crippen LogP contribution in [0.5, 0.6) is 0 Å². The molecule has 1 amide bonds. The lowest BCUT2D eigenvalue weighted by Gasteiger charge is -2.21. The van der Waals surface area contributed by atoms with Crippen molar-refractivity contribution < 1.29 is 9.53 Å². The maximum Gasteiger partial charge on any atom is 0.336 e. The SMILES string of the molecule is CC[C@H](C(=O)NCCOC)n1c(=O)n(-c2ccc(C)c(C)c2)c(=O)c2ccccc21. The number of benzene rings is 2. The number of methoxy groups -OCH3 is 1. The third-order valence-electron chi connectivity index (χ3n) is 5.35. The molecular weight excluding hydrogens is 382 g/mol. The van der Waals surface area contributed by atoms with Crippen LogP contribution >= 0.6 is 0 Å². The van der Waals surface area contributed by atoms with Crippen LogP contribution in [-0.2, 0) is 9.53 Å². The molecule has 1 atom stereocenters. The van der Waals surface area contributed by atoms with E-state index in [1.165, 1.54) is 4.57 Å². The van der Waals surface area contributed by atoms with Gasteiger partial charge < -0.3 is 10.1 Å². The zero-order valence-corrected chi connectivity index (χ0v) is 17.8. The summed E-state index contributed by atoms with van der Waals surface area (Å²) in [6.45, 7) is 6.46. The summed E-state index contributed by atoms with van der Waals surface area (Å²) in [4.78, 5) is 39.6. The lowest BCUT2D eigenvalue weighted by molar-refractivity contribution is -0.124. The molecule has 3 rings (SSSR count). The fourth-order valence-corrected chi connectivity index (χ4v) is 3.56. The van der Waals surface area contributed by atoms with Gasteiger partial charge in [-0.2, -0.15) is 0 Å². The van der Waals surface area contributed by atoms with Crippen molar-refractivity contribution in [3.05, 3.63) is 74.4 Å². The third-order valence-corrected chi connectivity index (χ3v) is 5.35. The summed E-state index contributed by atoms with van der Waals surface area (Å²) in [6.07, 6.45) is 0.397. The first-order valence-electron chi connectivity index (χ1n) is 10.0. The topological polar surface area (TPSA) is 82.3 Å². The van der Waals surface area contributed by atoms with Crippen molar-refractivity contribution >= 4 is 16.8 Å². The molecule has 0 bridgehead atoms. The molecule has 0 aliphatic carbocycles. The van der Waals surface area contributed by atoms with E-state index in [0.717, 1.165) is 15.7 Å². The van der Waals surface area contributed by atoms with Gasteiger partial charge in [-0.15, -0.1) is 0 Å². The number of fused-ring (bicyclic) bond motifs is 1. The fraction of sp³-hybridized carbons (Fsp3) is 0.348. The predicted molar refractivity (Wildman–Crippen MR) is 117 cm³/mol. The Morgan fingerprint density at radius 1 is 1.10 bits per heavy atom. The van der Waals surface area contributed by atoms with Crippen LogP contribution in [-0.4, -0.2) is 35.3 Å². The lowest BCUT2D eigenvalue weighted by atomic mass is 10.1. The molecule has 1 N–H and O–H groups in total. The number of ether oxygens (including phenoxy) is 1. The second kappa shape index (κ2) is 9.09. The highest BCUT2D eigenvalue weighted by molar-refractivity contribution is 5.84. The van der Waals surface area contributed by atoms with Gasteiger partial charge in [0.2, 0.25) is 5.91 Å². The molecule has 0 unspecified atom stereocenters. The number of carbonyl (C=O) groups is 1. The van der Waals surface area contributed by atoms with Crippen LogP contribution in [0.4, 0.5) is 0 Å². The maximum atomic E-state index is 13.6. The van der Waals surface area contributed by atoms with Gasteiger partial charge in [0.15, 0.2) is 0 Å². The summed E-state index contributed by atoms with van der Waals surface area (Å²) in [6, 6.07) is 11.6. The Morgan fingerprint density at radius 2 is 1.83 bits per heavy atom. The minimum atomic E-state index is -0.752. The van der Waals surface area contributed by atoms with Gasteiger partial charge in [-0.1, -0.05) is 25.1 Å². The molecule has 1 heterocycles. The lowest BCUT2D eigenvalue weighted by Crippen LogP contribution is -2.44. The number of para-hydroxylation sites is 1. The molecule has 0 spiro atoms. The summed E-state index contributed by atoms with van der Waals surface area (Å²) < 4.78 is 7.57. The molecule has 158 valence electrons. The number of hydrogen-bond acceptors (Lipinski definition) is 4. The number of nitrogens with one attached hydrogen (secondary N) is 1. The summed E-state index contributed by atoms with van der Waals surface area (Å²) >= 11 is 0. The normalized spacial score (nSPS) is 12.1. The highest BCUT2D eigenvalue weighted by atomic mass is 16.5. The summed E-state index contributed by atoms with van der Waals surface area (Å²) in [5.74, 6) is -0.285. The monoisotopic (exact) mass is 409 g/mol. The van der Waals surface area contributed by atoms with Crippen LogP contribution in [0.15, 0.2) is 52.1 Å². The molecule has 1 aromatic heterocycles. The number of rotatable bonds is 7. The van der Waals surface area contributed by atoms with E-state index < -0.39 is 17.3 Å². The first kappa shape index (κ1) is 21.5. The van der Waals surface area contributed by atoms with Crippen molar-refractivity contribution in [2.75, 3.05) is 20.3 Å². The summed E-state index contributed by atoms with van der Waals surface area (Å²) in [5, 5.41) is 3.19. The average molecular weight is 409 g/mol. The molecule has 0 saturated carbocycles. The van der Waals surface area contributed by atoms with E-state index in [0.29, 0.717) is 36.2 Å². The number of carbonyl (C=O) groups excluding carboxylic acids is 1. The number of aryl methyl sites for hydroxylation is 2. The van der Waals surface area contributed by atoms with Gasteiger partial charge in [0, 0.05) is 13.7 Å². The van der Waals surface area contributed by atoms with Gasteiger partial charge in [-0.25, -0.2) is 9.36 Å². The van der Waals surface area contributed by atoms with E-state index in [1.807, 2.05) is 32.9 Å². The Hall–Kier alpha value is -3.19. The van der Waals surface area contributed by atoms with Crippen molar-refractivity contribution in [3.63, 3.8) is 0 Å². The number of aromatic nitrogens is 2. The zero-order chi connectivity index (χ0) is 21.8. The fourth-order valence-electron chi connectivity index (χ4n) is 3.56. The molecule has 0 aliphatic heterocycles. The summed E-state index contributed by atoms with van der Waals surface area (Å²) in [5.41, 5.74) is 2.05. The molecule has 3 aromatic rings. The molecule has 0 fully saturated rings. The van der Waals surface area contributed by atoms with Gasteiger partial charge in [0.1, 0.15) is 6.04 Å². The van der Waals surface area contributed by atoms with E-state index in [9.17, 15) is 14.4 Å². The molecule has 7 nitrogen and oxygen atoms in total. The molecular formula is C23H27N3O4. The summed E-state index contributed by atoms with van der Waals surface area (Å²) in [7, 11) is 1.56. The smallest absolute Gasteiger partial charge is 0.336 e. The van der Waals surface area contributed by atoms with E-state index in [-0.39, 0.29) is 5.91 Å². The van der Waals surface area contributed by atoms with E-state index >= 15 is 0 Å². The minimum Gasteiger partial charge on any atom is -0.383 e. The number of hydrogen-bond donors (Lipinski definition) is 1. The van der Waals surface area contributed by atoms with Crippen molar-refractivity contribution in [1.29, 1.82) is 0 Å². The Morgan fingerprint density at radius 3 is 2.50 bits per heavy atom. The molecule has 7 heteroatoms. The van der Waals surface area contributed by atoms with Gasteiger partial charge >= 0.3 is 5.69 Å². The van der Waals surface area contributed by atoms with Gasteiger partial charge in [0.25, 0.3) is 5.56 Å². The second-order valence-electron chi connectivity index (χ2n) is 7.29. The van der Waals surface area contributed by atoms with Crippen LogP contribution in [0.2, 0.25) is 0 Å². The van der Waals surface area contributed by atoms with E-state index in [1.54, 1.807) is 37.4 Å².